The Balaban J connectivity index is 1.57. The molecule has 0 amide bonds. The molecule has 1 fully saturated rings. The van der Waals surface area contributed by atoms with Crippen LogP contribution in [0.3, 0.4) is 0 Å². The van der Waals surface area contributed by atoms with Crippen molar-refractivity contribution in [2.75, 3.05) is 19.7 Å². The van der Waals surface area contributed by atoms with Crippen molar-refractivity contribution in [1.82, 2.24) is 5.32 Å². The van der Waals surface area contributed by atoms with E-state index in [1.807, 2.05) is 24.3 Å². The molecule has 118 valence electrons. The van der Waals surface area contributed by atoms with E-state index in [4.69, 9.17) is 16.3 Å². The molecule has 0 saturated heterocycles. The summed E-state index contributed by atoms with van der Waals surface area (Å²) in [5.74, 6) is 0. The lowest BCUT2D eigenvalue weighted by Crippen LogP contribution is -2.41. The fourth-order valence-electron chi connectivity index (χ4n) is 2.63. The SMILES string of the molecule is OC(CNCC1(O)CCCC1)COCc1ccc(Cl)cc1. The van der Waals surface area contributed by atoms with Gasteiger partial charge in [0.2, 0.25) is 0 Å². The molecule has 1 aromatic rings. The van der Waals surface area contributed by atoms with Gasteiger partial charge < -0.3 is 20.3 Å². The first-order valence-corrected chi connectivity index (χ1v) is 7.89. The van der Waals surface area contributed by atoms with Crippen LogP contribution < -0.4 is 5.32 Å². The van der Waals surface area contributed by atoms with Gasteiger partial charge in [0.15, 0.2) is 0 Å². The van der Waals surface area contributed by atoms with E-state index < -0.39 is 11.7 Å². The average molecular weight is 314 g/mol. The predicted molar refractivity (Wildman–Crippen MR) is 83.4 cm³/mol. The van der Waals surface area contributed by atoms with Crippen molar-refractivity contribution in [3.05, 3.63) is 34.9 Å². The smallest absolute Gasteiger partial charge is 0.0897 e. The number of aliphatic hydroxyl groups is 2. The van der Waals surface area contributed by atoms with Crippen LogP contribution in [0.2, 0.25) is 5.02 Å². The fourth-order valence-corrected chi connectivity index (χ4v) is 2.76. The number of hydrogen-bond acceptors (Lipinski definition) is 4. The van der Waals surface area contributed by atoms with Crippen molar-refractivity contribution in [3.8, 4) is 0 Å². The van der Waals surface area contributed by atoms with Crippen LogP contribution in [0.15, 0.2) is 24.3 Å². The van der Waals surface area contributed by atoms with E-state index in [9.17, 15) is 10.2 Å². The van der Waals surface area contributed by atoms with Crippen LogP contribution in [-0.4, -0.2) is 41.6 Å². The molecule has 1 unspecified atom stereocenters. The third kappa shape index (κ3) is 5.93. The van der Waals surface area contributed by atoms with Crippen LogP contribution in [0, 0.1) is 0 Å². The maximum Gasteiger partial charge on any atom is 0.0897 e. The summed E-state index contributed by atoms with van der Waals surface area (Å²) in [5.41, 5.74) is 0.448. The van der Waals surface area contributed by atoms with Crippen molar-refractivity contribution in [3.63, 3.8) is 0 Å². The summed E-state index contributed by atoms with van der Waals surface area (Å²) in [5, 5.41) is 23.8. The summed E-state index contributed by atoms with van der Waals surface area (Å²) in [6.07, 6.45) is 3.31. The van der Waals surface area contributed by atoms with E-state index in [1.165, 1.54) is 0 Å². The molecular formula is C16H24ClNO3. The molecule has 0 spiro atoms. The third-order valence-electron chi connectivity index (χ3n) is 3.86. The summed E-state index contributed by atoms with van der Waals surface area (Å²) in [4.78, 5) is 0. The molecule has 0 bridgehead atoms. The van der Waals surface area contributed by atoms with Gasteiger partial charge >= 0.3 is 0 Å². The Morgan fingerprint density at radius 1 is 1.24 bits per heavy atom. The van der Waals surface area contributed by atoms with Crippen LogP contribution in [-0.2, 0) is 11.3 Å². The molecule has 1 saturated carbocycles. The van der Waals surface area contributed by atoms with E-state index >= 15 is 0 Å². The van der Waals surface area contributed by atoms with E-state index in [1.54, 1.807) is 0 Å². The molecule has 21 heavy (non-hydrogen) atoms. The molecule has 0 radical (unpaired) electrons. The van der Waals surface area contributed by atoms with Gasteiger partial charge in [-0.1, -0.05) is 36.6 Å². The third-order valence-corrected chi connectivity index (χ3v) is 4.11. The van der Waals surface area contributed by atoms with E-state index in [0.717, 1.165) is 31.2 Å². The number of hydrogen-bond donors (Lipinski definition) is 3. The van der Waals surface area contributed by atoms with Crippen molar-refractivity contribution in [2.45, 2.75) is 44.0 Å². The molecule has 4 nitrogen and oxygen atoms in total. The lowest BCUT2D eigenvalue weighted by Gasteiger charge is -2.23. The summed E-state index contributed by atoms with van der Waals surface area (Å²) in [6.45, 7) is 1.70. The second-order valence-corrected chi connectivity index (χ2v) is 6.29. The van der Waals surface area contributed by atoms with Gasteiger partial charge in [0.1, 0.15) is 0 Å². The Morgan fingerprint density at radius 3 is 2.57 bits per heavy atom. The first-order chi connectivity index (χ1) is 10.1. The summed E-state index contributed by atoms with van der Waals surface area (Å²) >= 11 is 5.81. The molecule has 3 N–H and O–H groups in total. The molecule has 1 aliphatic rings. The predicted octanol–water partition coefficient (Wildman–Crippen LogP) is 2.11. The maximum atomic E-state index is 10.2. The van der Waals surface area contributed by atoms with Crippen molar-refractivity contribution < 1.29 is 14.9 Å². The fraction of sp³-hybridized carbons (Fsp3) is 0.625. The van der Waals surface area contributed by atoms with Crippen molar-refractivity contribution >= 4 is 11.6 Å². The minimum Gasteiger partial charge on any atom is -0.389 e. The zero-order chi connectivity index (χ0) is 15.1. The molecule has 0 aliphatic heterocycles. The first kappa shape index (κ1) is 16.7. The maximum absolute atomic E-state index is 10.2. The molecular weight excluding hydrogens is 290 g/mol. The topological polar surface area (TPSA) is 61.7 Å². The van der Waals surface area contributed by atoms with E-state index in [0.29, 0.717) is 24.7 Å². The number of halogens is 1. The molecule has 2 rings (SSSR count). The molecule has 0 aromatic heterocycles. The van der Waals surface area contributed by atoms with Crippen LogP contribution in [0.1, 0.15) is 31.2 Å². The van der Waals surface area contributed by atoms with Gasteiger partial charge in [-0.15, -0.1) is 0 Å². The van der Waals surface area contributed by atoms with Crippen LogP contribution in [0.4, 0.5) is 0 Å². The highest BCUT2D eigenvalue weighted by molar-refractivity contribution is 6.30. The molecule has 5 heteroatoms. The van der Waals surface area contributed by atoms with Gasteiger partial charge in [0, 0.05) is 18.1 Å². The Morgan fingerprint density at radius 2 is 1.90 bits per heavy atom. The first-order valence-electron chi connectivity index (χ1n) is 7.51. The zero-order valence-electron chi connectivity index (χ0n) is 12.2. The van der Waals surface area contributed by atoms with Gasteiger partial charge in [-0.25, -0.2) is 0 Å². The van der Waals surface area contributed by atoms with Gasteiger partial charge in [0.05, 0.1) is 24.9 Å². The number of rotatable bonds is 8. The highest BCUT2D eigenvalue weighted by Crippen LogP contribution is 2.28. The lowest BCUT2D eigenvalue weighted by molar-refractivity contribution is 0.0181. The van der Waals surface area contributed by atoms with Gasteiger partial charge in [-0.05, 0) is 30.5 Å². The van der Waals surface area contributed by atoms with E-state index in [2.05, 4.69) is 5.32 Å². The van der Waals surface area contributed by atoms with Gasteiger partial charge in [-0.3, -0.25) is 0 Å². The largest absolute Gasteiger partial charge is 0.389 e. The Kier molecular flexibility index (Phi) is 6.45. The molecule has 1 aliphatic carbocycles. The standard InChI is InChI=1S/C16H24ClNO3/c17-14-5-3-13(4-6-14)10-21-11-15(19)9-18-12-16(20)7-1-2-8-16/h3-6,15,18-20H,1-2,7-12H2. The minimum atomic E-state index is -0.579. The van der Waals surface area contributed by atoms with Crippen molar-refractivity contribution in [1.29, 1.82) is 0 Å². The second kappa shape index (κ2) is 8.11. The zero-order valence-corrected chi connectivity index (χ0v) is 13.0. The van der Waals surface area contributed by atoms with Gasteiger partial charge in [-0.2, -0.15) is 0 Å². The summed E-state index contributed by atoms with van der Waals surface area (Å²) in [7, 11) is 0. The van der Waals surface area contributed by atoms with E-state index in [-0.39, 0.29) is 6.61 Å². The number of ether oxygens (including phenoxy) is 1. The van der Waals surface area contributed by atoms with Gasteiger partial charge in [0.25, 0.3) is 0 Å². The quantitative estimate of drug-likeness (QED) is 0.688. The highest BCUT2D eigenvalue weighted by atomic mass is 35.5. The summed E-state index contributed by atoms with van der Waals surface area (Å²) < 4.78 is 5.47. The Hall–Kier alpha value is -0.650. The van der Waals surface area contributed by atoms with Crippen molar-refractivity contribution in [2.24, 2.45) is 0 Å². The van der Waals surface area contributed by atoms with Crippen LogP contribution in [0.25, 0.3) is 0 Å². The molecule has 1 aromatic carbocycles. The summed E-state index contributed by atoms with van der Waals surface area (Å²) in [6, 6.07) is 7.45. The highest BCUT2D eigenvalue weighted by Gasteiger charge is 2.30. The minimum absolute atomic E-state index is 0.272. The average Bonchev–Trinajstić information content (AvgIpc) is 2.88. The van der Waals surface area contributed by atoms with Crippen LogP contribution >= 0.6 is 11.6 Å². The Bertz CT molecular complexity index is 418. The monoisotopic (exact) mass is 313 g/mol. The number of nitrogens with one attached hydrogen (secondary N) is 1. The molecule has 1 atom stereocenters. The number of benzene rings is 1. The lowest BCUT2D eigenvalue weighted by atomic mass is 10.0. The normalized spacial score (nSPS) is 18.8. The Labute approximate surface area is 131 Å². The van der Waals surface area contributed by atoms with Crippen LogP contribution in [0.5, 0.6) is 0 Å². The second-order valence-electron chi connectivity index (χ2n) is 5.86. The molecule has 0 heterocycles. The number of aliphatic hydroxyl groups excluding tert-OH is 1.